The first-order valence-electron chi connectivity index (χ1n) is 4.09. The van der Waals surface area contributed by atoms with E-state index in [4.69, 9.17) is 9.84 Å². The lowest BCUT2D eigenvalue weighted by Crippen LogP contribution is -2.00. The quantitative estimate of drug-likeness (QED) is 0.572. The number of hydrogen-bond donors (Lipinski definition) is 1. The second kappa shape index (κ2) is 10.3. The fourth-order valence-corrected chi connectivity index (χ4v) is 1.29. The van der Waals surface area contributed by atoms with Crippen molar-refractivity contribution in [3.8, 4) is 0 Å². The van der Waals surface area contributed by atoms with E-state index in [2.05, 4.69) is 6.26 Å². The number of hydrogen-bond acceptors (Lipinski definition) is 3. The van der Waals surface area contributed by atoms with Gasteiger partial charge in [0.25, 0.3) is 0 Å². The Hall–Kier alpha value is 0.270. The van der Waals surface area contributed by atoms with Crippen LogP contribution < -0.4 is 0 Å². The van der Waals surface area contributed by atoms with E-state index in [-0.39, 0.29) is 6.61 Å². The van der Waals surface area contributed by atoms with Crippen LogP contribution in [0.15, 0.2) is 0 Å². The van der Waals surface area contributed by atoms with Crippen molar-refractivity contribution >= 4 is 11.8 Å². The molecule has 0 saturated heterocycles. The molecule has 3 heteroatoms. The van der Waals surface area contributed by atoms with Gasteiger partial charge < -0.3 is 9.84 Å². The summed E-state index contributed by atoms with van der Waals surface area (Å²) in [5.41, 5.74) is 0. The number of thioether (sulfide) groups is 1. The summed E-state index contributed by atoms with van der Waals surface area (Å²) < 4.78 is 5.11. The van der Waals surface area contributed by atoms with Crippen LogP contribution >= 0.6 is 11.8 Å². The molecule has 0 saturated carbocycles. The largest absolute Gasteiger partial charge is 0.394 e. The van der Waals surface area contributed by atoms with Crippen LogP contribution in [0.1, 0.15) is 19.3 Å². The topological polar surface area (TPSA) is 29.5 Å². The van der Waals surface area contributed by atoms with Gasteiger partial charge in [-0.25, -0.2) is 0 Å². The van der Waals surface area contributed by atoms with Gasteiger partial charge >= 0.3 is 0 Å². The second-order valence-electron chi connectivity index (χ2n) is 2.39. The Morgan fingerprint density at radius 2 is 2.00 bits per heavy atom. The van der Waals surface area contributed by atoms with Gasteiger partial charge in [-0.05, 0) is 24.9 Å². The molecule has 0 aromatic heterocycles. The lowest BCUT2D eigenvalue weighted by Gasteiger charge is -2.00. The summed E-state index contributed by atoms with van der Waals surface area (Å²) in [5, 5.41) is 8.38. The molecular formula is C8H18O2S. The van der Waals surface area contributed by atoms with E-state index in [1.165, 1.54) is 18.6 Å². The van der Waals surface area contributed by atoms with Crippen molar-refractivity contribution in [2.24, 2.45) is 0 Å². The van der Waals surface area contributed by atoms with E-state index >= 15 is 0 Å². The minimum absolute atomic E-state index is 0.144. The van der Waals surface area contributed by atoms with E-state index in [1.54, 1.807) is 0 Å². The molecular weight excluding hydrogens is 160 g/mol. The van der Waals surface area contributed by atoms with Crippen LogP contribution in [0.5, 0.6) is 0 Å². The second-order valence-corrected chi connectivity index (χ2v) is 3.38. The minimum atomic E-state index is 0.144. The molecule has 0 spiro atoms. The summed E-state index contributed by atoms with van der Waals surface area (Å²) >= 11 is 1.89. The molecule has 0 bridgehead atoms. The SMILES string of the molecule is CSCCCCCOCCO. The zero-order chi connectivity index (χ0) is 8.36. The third-order valence-corrected chi connectivity index (χ3v) is 2.07. The predicted molar refractivity (Wildman–Crippen MR) is 50.1 cm³/mol. The highest BCUT2D eigenvalue weighted by atomic mass is 32.2. The molecule has 0 aliphatic heterocycles. The Morgan fingerprint density at radius 3 is 2.64 bits per heavy atom. The van der Waals surface area contributed by atoms with Crippen molar-refractivity contribution in [3.05, 3.63) is 0 Å². The van der Waals surface area contributed by atoms with Gasteiger partial charge in [0.15, 0.2) is 0 Å². The standard InChI is InChI=1S/C8H18O2S/c1-11-8-4-2-3-6-10-7-5-9/h9H,2-8H2,1H3. The fourth-order valence-electron chi connectivity index (χ4n) is 0.794. The Balaban J connectivity index is 2.69. The summed E-state index contributed by atoms with van der Waals surface area (Å²) in [4.78, 5) is 0. The summed E-state index contributed by atoms with van der Waals surface area (Å²) in [7, 11) is 0. The molecule has 0 aliphatic rings. The van der Waals surface area contributed by atoms with Crippen molar-refractivity contribution in [1.29, 1.82) is 0 Å². The molecule has 0 aromatic rings. The van der Waals surface area contributed by atoms with Gasteiger partial charge in [-0.3, -0.25) is 0 Å². The van der Waals surface area contributed by atoms with E-state index < -0.39 is 0 Å². The molecule has 0 fully saturated rings. The van der Waals surface area contributed by atoms with Crippen LogP contribution in [0.3, 0.4) is 0 Å². The molecule has 0 unspecified atom stereocenters. The van der Waals surface area contributed by atoms with Crippen molar-refractivity contribution < 1.29 is 9.84 Å². The number of aliphatic hydroxyl groups excluding tert-OH is 1. The molecule has 0 radical (unpaired) electrons. The molecule has 0 aliphatic carbocycles. The average Bonchev–Trinajstić information content (AvgIpc) is 2.03. The van der Waals surface area contributed by atoms with Crippen molar-refractivity contribution in [2.75, 3.05) is 31.8 Å². The molecule has 0 amide bonds. The van der Waals surface area contributed by atoms with Gasteiger partial charge in [0, 0.05) is 6.61 Å². The summed E-state index contributed by atoms with van der Waals surface area (Å²) in [6.45, 7) is 1.43. The van der Waals surface area contributed by atoms with Crippen molar-refractivity contribution in [2.45, 2.75) is 19.3 Å². The maximum atomic E-state index is 8.38. The van der Waals surface area contributed by atoms with Gasteiger partial charge in [0.2, 0.25) is 0 Å². The van der Waals surface area contributed by atoms with Crippen LogP contribution in [0.2, 0.25) is 0 Å². The smallest absolute Gasteiger partial charge is 0.0697 e. The number of aliphatic hydroxyl groups is 1. The van der Waals surface area contributed by atoms with E-state index in [0.29, 0.717) is 6.61 Å². The highest BCUT2D eigenvalue weighted by molar-refractivity contribution is 7.98. The first-order valence-corrected chi connectivity index (χ1v) is 5.48. The third-order valence-electron chi connectivity index (χ3n) is 1.37. The molecule has 0 aromatic carbocycles. The number of ether oxygens (including phenoxy) is 1. The zero-order valence-corrected chi connectivity index (χ0v) is 8.03. The third kappa shape index (κ3) is 10.3. The van der Waals surface area contributed by atoms with Gasteiger partial charge in [0.05, 0.1) is 13.2 Å². The molecule has 1 N–H and O–H groups in total. The van der Waals surface area contributed by atoms with Gasteiger partial charge in [-0.1, -0.05) is 6.42 Å². The van der Waals surface area contributed by atoms with Crippen LogP contribution in [-0.2, 0) is 4.74 Å². The van der Waals surface area contributed by atoms with Gasteiger partial charge in [-0.2, -0.15) is 11.8 Å². The monoisotopic (exact) mass is 178 g/mol. The lowest BCUT2D eigenvalue weighted by molar-refractivity contribution is 0.0898. The summed E-state index contributed by atoms with van der Waals surface area (Å²) in [6, 6.07) is 0. The van der Waals surface area contributed by atoms with Crippen LogP contribution in [-0.4, -0.2) is 36.9 Å². The maximum absolute atomic E-state index is 8.38. The number of rotatable bonds is 8. The van der Waals surface area contributed by atoms with E-state index in [9.17, 15) is 0 Å². The molecule has 0 atom stereocenters. The molecule has 2 nitrogen and oxygen atoms in total. The average molecular weight is 178 g/mol. The molecule has 0 heterocycles. The van der Waals surface area contributed by atoms with E-state index in [1.807, 2.05) is 11.8 Å². The van der Waals surface area contributed by atoms with Crippen molar-refractivity contribution in [1.82, 2.24) is 0 Å². The van der Waals surface area contributed by atoms with E-state index in [0.717, 1.165) is 13.0 Å². The zero-order valence-electron chi connectivity index (χ0n) is 7.21. The van der Waals surface area contributed by atoms with Crippen molar-refractivity contribution in [3.63, 3.8) is 0 Å². The van der Waals surface area contributed by atoms with Gasteiger partial charge in [-0.15, -0.1) is 0 Å². The predicted octanol–water partition coefficient (Wildman–Crippen LogP) is 1.53. The van der Waals surface area contributed by atoms with Crippen LogP contribution in [0, 0.1) is 0 Å². The Morgan fingerprint density at radius 1 is 1.18 bits per heavy atom. The Labute approximate surface area is 73.3 Å². The fraction of sp³-hybridized carbons (Fsp3) is 1.00. The van der Waals surface area contributed by atoms with Crippen LogP contribution in [0.25, 0.3) is 0 Å². The highest BCUT2D eigenvalue weighted by Gasteiger charge is 1.88. The first kappa shape index (κ1) is 11.3. The number of unbranched alkanes of at least 4 members (excludes halogenated alkanes) is 2. The summed E-state index contributed by atoms with van der Waals surface area (Å²) in [6.07, 6.45) is 5.78. The Kier molecular flexibility index (Phi) is 10.5. The van der Waals surface area contributed by atoms with Gasteiger partial charge in [0.1, 0.15) is 0 Å². The maximum Gasteiger partial charge on any atom is 0.0697 e. The lowest BCUT2D eigenvalue weighted by atomic mass is 10.3. The first-order chi connectivity index (χ1) is 5.41. The summed E-state index contributed by atoms with van der Waals surface area (Å²) in [5.74, 6) is 1.25. The molecule has 68 valence electrons. The Bertz CT molecular complexity index is 61.1. The highest BCUT2D eigenvalue weighted by Crippen LogP contribution is 2.01. The molecule has 11 heavy (non-hydrogen) atoms. The minimum Gasteiger partial charge on any atom is -0.394 e. The van der Waals surface area contributed by atoms with Crippen LogP contribution in [0.4, 0.5) is 0 Å². The molecule has 0 rings (SSSR count). The normalized spacial score (nSPS) is 10.4.